The van der Waals surface area contributed by atoms with Gasteiger partial charge in [-0.25, -0.2) is 0 Å². The third-order valence-electron chi connectivity index (χ3n) is 5.26. The summed E-state index contributed by atoms with van der Waals surface area (Å²) in [5.41, 5.74) is 4.57. The van der Waals surface area contributed by atoms with Crippen molar-refractivity contribution < 1.29 is 0 Å². The van der Waals surface area contributed by atoms with Gasteiger partial charge in [0.1, 0.15) is 6.34 Å². The van der Waals surface area contributed by atoms with Gasteiger partial charge >= 0.3 is 0 Å². The highest BCUT2D eigenvalue weighted by Gasteiger charge is 2.16. The van der Waals surface area contributed by atoms with E-state index in [4.69, 9.17) is 16.9 Å². The van der Waals surface area contributed by atoms with E-state index in [1.165, 1.54) is 6.34 Å². The van der Waals surface area contributed by atoms with Gasteiger partial charge in [-0.1, -0.05) is 60.1 Å². The number of hydrogen-bond acceptors (Lipinski definition) is 3. The average molecular weight is 427 g/mol. The van der Waals surface area contributed by atoms with Crippen LogP contribution in [0.3, 0.4) is 0 Å². The van der Waals surface area contributed by atoms with E-state index >= 15 is 0 Å². The van der Waals surface area contributed by atoms with Crippen LogP contribution in [-0.4, -0.2) is 10.9 Å². The number of aliphatic imine (C=N–C) groups is 1. The molecule has 0 aliphatic carbocycles. The first-order chi connectivity index (χ1) is 15.1. The van der Waals surface area contributed by atoms with Crippen molar-refractivity contribution in [3.63, 3.8) is 0 Å². The second-order valence-electron chi connectivity index (χ2n) is 7.11. The van der Waals surface area contributed by atoms with E-state index in [0.717, 1.165) is 33.2 Å². The molecule has 3 aromatic carbocycles. The fourth-order valence-electron chi connectivity index (χ4n) is 3.70. The van der Waals surface area contributed by atoms with Crippen molar-refractivity contribution in [2.75, 3.05) is 0 Å². The lowest BCUT2D eigenvalue weighted by Crippen LogP contribution is -2.21. The zero-order chi connectivity index (χ0) is 21.8. The molecule has 0 bridgehead atoms. The Kier molecular flexibility index (Phi) is 5.83. The van der Waals surface area contributed by atoms with Gasteiger partial charge in [0, 0.05) is 23.5 Å². The molecule has 4 aromatic rings. The Bertz CT molecular complexity index is 1350. The molecule has 152 valence electrons. The van der Waals surface area contributed by atoms with Crippen LogP contribution in [0.1, 0.15) is 17.2 Å². The summed E-state index contributed by atoms with van der Waals surface area (Å²) in [6, 6.07) is 24.8. The second kappa shape index (κ2) is 8.86. The van der Waals surface area contributed by atoms with Crippen molar-refractivity contribution in [1.29, 1.82) is 5.26 Å². The summed E-state index contributed by atoms with van der Waals surface area (Å²) in [5, 5.41) is 13.6. The highest BCUT2D eigenvalue weighted by Crippen LogP contribution is 2.31. The van der Waals surface area contributed by atoms with Gasteiger partial charge in [0.2, 0.25) is 6.19 Å². The van der Waals surface area contributed by atoms with Crippen LogP contribution in [-0.2, 0) is 7.05 Å². The molecule has 1 N–H and O–H groups in total. The maximum absolute atomic E-state index is 12.6. The molecule has 0 saturated heterocycles. The fraction of sp³-hybridized carbons (Fsp3) is 0.0800. The van der Waals surface area contributed by atoms with Gasteiger partial charge in [-0.05, 0) is 46.5 Å². The minimum Gasteiger partial charge on any atom is -0.364 e. The van der Waals surface area contributed by atoms with Gasteiger partial charge < -0.3 is 9.88 Å². The minimum absolute atomic E-state index is 0.0624. The summed E-state index contributed by atoms with van der Waals surface area (Å²) in [7, 11) is 1.77. The lowest BCUT2D eigenvalue weighted by molar-refractivity contribution is 0.774. The first kappa shape index (κ1) is 20.4. The molecule has 1 atom stereocenters. The third-order valence-corrected chi connectivity index (χ3v) is 5.51. The van der Waals surface area contributed by atoms with Crippen molar-refractivity contribution >= 4 is 28.8 Å². The second-order valence-corrected chi connectivity index (χ2v) is 7.54. The molecule has 0 aliphatic heterocycles. The molecule has 0 fully saturated rings. The number of pyridine rings is 1. The first-order valence-electron chi connectivity index (χ1n) is 9.70. The molecular formula is C25H19ClN4O. The van der Waals surface area contributed by atoms with Crippen molar-refractivity contribution in [3.05, 3.63) is 105 Å². The van der Waals surface area contributed by atoms with E-state index in [2.05, 4.69) is 16.4 Å². The normalized spacial score (nSPS) is 12.0. The molecule has 0 radical (unpaired) electrons. The lowest BCUT2D eigenvalue weighted by Gasteiger charge is -2.20. The number of nitrogens with one attached hydrogen (secondary N) is 1. The van der Waals surface area contributed by atoms with Gasteiger partial charge in [-0.15, -0.1) is 0 Å². The van der Waals surface area contributed by atoms with Crippen LogP contribution in [0.2, 0.25) is 5.02 Å². The van der Waals surface area contributed by atoms with E-state index in [9.17, 15) is 4.79 Å². The average Bonchev–Trinajstić information content (AvgIpc) is 2.80. The summed E-state index contributed by atoms with van der Waals surface area (Å²) in [5.74, 6) is 0. The molecule has 1 unspecified atom stereocenters. The number of nitriles is 1. The molecule has 1 heterocycles. The van der Waals surface area contributed by atoms with Gasteiger partial charge in [-0.2, -0.15) is 10.3 Å². The van der Waals surface area contributed by atoms with Crippen molar-refractivity contribution in [2.24, 2.45) is 12.0 Å². The number of nitrogens with zero attached hydrogens (tertiary/aromatic N) is 3. The predicted octanol–water partition coefficient (Wildman–Crippen LogP) is 5.05. The Balaban J connectivity index is 1.92. The predicted molar refractivity (Wildman–Crippen MR) is 125 cm³/mol. The SMILES string of the molecule is Cn1c(=O)cc(-c2ccccc2)c2cc(C(N/C=N/C#N)c3ccc(Cl)cc3)ccc21. The summed E-state index contributed by atoms with van der Waals surface area (Å²) in [6.07, 6.45) is 3.15. The molecule has 0 spiro atoms. The standard InChI is InChI=1S/C25H19ClN4O/c1-30-23-12-9-19(25(29-16-28-15-27)18-7-10-20(26)11-8-18)13-22(23)21(14-24(30)31)17-5-3-2-4-6-17/h2-14,16,25H,1H3,(H,28,29). The Morgan fingerprint density at radius 3 is 2.45 bits per heavy atom. The first-order valence-corrected chi connectivity index (χ1v) is 10.1. The maximum atomic E-state index is 12.6. The molecule has 4 rings (SSSR count). The topological polar surface area (TPSA) is 70.2 Å². The zero-order valence-corrected chi connectivity index (χ0v) is 17.5. The van der Waals surface area contributed by atoms with Crippen LogP contribution >= 0.6 is 11.6 Å². The molecule has 6 heteroatoms. The number of aryl methyl sites for hydroxylation is 1. The van der Waals surface area contributed by atoms with Gasteiger partial charge in [0.15, 0.2) is 0 Å². The Morgan fingerprint density at radius 2 is 1.74 bits per heavy atom. The van der Waals surface area contributed by atoms with Crippen LogP contribution in [0.15, 0.2) is 88.6 Å². The van der Waals surface area contributed by atoms with E-state index in [1.54, 1.807) is 23.9 Å². The minimum atomic E-state index is -0.250. The highest BCUT2D eigenvalue weighted by atomic mass is 35.5. The Morgan fingerprint density at radius 1 is 1.03 bits per heavy atom. The smallest absolute Gasteiger partial charge is 0.251 e. The quantitative estimate of drug-likeness (QED) is 0.276. The summed E-state index contributed by atoms with van der Waals surface area (Å²) in [6.45, 7) is 0. The zero-order valence-electron chi connectivity index (χ0n) is 16.8. The molecule has 0 saturated carbocycles. The van der Waals surface area contributed by atoms with Crippen molar-refractivity contribution in [3.8, 4) is 17.3 Å². The maximum Gasteiger partial charge on any atom is 0.251 e. The highest BCUT2D eigenvalue weighted by molar-refractivity contribution is 6.30. The van der Waals surface area contributed by atoms with E-state index < -0.39 is 0 Å². The number of aromatic nitrogens is 1. The number of fused-ring (bicyclic) bond motifs is 1. The lowest BCUT2D eigenvalue weighted by atomic mass is 9.94. The van der Waals surface area contributed by atoms with E-state index in [-0.39, 0.29) is 11.6 Å². The van der Waals surface area contributed by atoms with Crippen LogP contribution < -0.4 is 10.9 Å². The van der Waals surface area contributed by atoms with Crippen molar-refractivity contribution in [2.45, 2.75) is 6.04 Å². The van der Waals surface area contributed by atoms with E-state index in [0.29, 0.717) is 5.02 Å². The van der Waals surface area contributed by atoms with Crippen LogP contribution in [0.4, 0.5) is 0 Å². The van der Waals surface area contributed by atoms with Gasteiger partial charge in [0.25, 0.3) is 5.56 Å². The number of halogens is 1. The summed E-state index contributed by atoms with van der Waals surface area (Å²) < 4.78 is 1.65. The molecule has 1 aromatic heterocycles. The van der Waals surface area contributed by atoms with Gasteiger partial charge in [0.05, 0.1) is 11.6 Å². The third kappa shape index (κ3) is 4.20. The molecule has 0 amide bonds. The number of hydrogen-bond donors (Lipinski definition) is 1. The summed E-state index contributed by atoms with van der Waals surface area (Å²) >= 11 is 6.07. The largest absolute Gasteiger partial charge is 0.364 e. The van der Waals surface area contributed by atoms with Crippen LogP contribution in [0, 0.1) is 11.5 Å². The van der Waals surface area contributed by atoms with Crippen LogP contribution in [0.25, 0.3) is 22.0 Å². The molecular weight excluding hydrogens is 408 g/mol. The Labute approximate surface area is 184 Å². The molecule has 31 heavy (non-hydrogen) atoms. The van der Waals surface area contributed by atoms with Crippen molar-refractivity contribution in [1.82, 2.24) is 9.88 Å². The Hall–Kier alpha value is -3.88. The monoisotopic (exact) mass is 426 g/mol. The molecule has 5 nitrogen and oxygen atoms in total. The number of benzene rings is 3. The molecule has 0 aliphatic rings. The van der Waals surface area contributed by atoms with Crippen LogP contribution in [0.5, 0.6) is 0 Å². The fourth-order valence-corrected chi connectivity index (χ4v) is 3.82. The summed E-state index contributed by atoms with van der Waals surface area (Å²) in [4.78, 5) is 16.2. The van der Waals surface area contributed by atoms with Gasteiger partial charge in [-0.3, -0.25) is 4.79 Å². The number of rotatable bonds is 5. The van der Waals surface area contributed by atoms with E-state index in [1.807, 2.05) is 66.7 Å².